The first-order chi connectivity index (χ1) is 15.2. The molecular weight excluding hydrogens is 387 g/mol. The minimum absolute atomic E-state index is 0.0273. The molecule has 1 saturated heterocycles. The van der Waals surface area contributed by atoms with Crippen LogP contribution in [0.4, 0.5) is 4.39 Å². The molecule has 4 nitrogen and oxygen atoms in total. The van der Waals surface area contributed by atoms with E-state index in [1.165, 1.54) is 17.7 Å². The van der Waals surface area contributed by atoms with Crippen LogP contribution in [0.1, 0.15) is 41.6 Å². The van der Waals surface area contributed by atoms with Gasteiger partial charge in [-0.05, 0) is 73.3 Å². The van der Waals surface area contributed by atoms with Gasteiger partial charge in [-0.1, -0.05) is 42.5 Å². The van der Waals surface area contributed by atoms with E-state index in [4.69, 9.17) is 4.99 Å². The Morgan fingerprint density at radius 3 is 2.29 bits per heavy atom. The minimum Gasteiger partial charge on any atom is -0.364 e. The van der Waals surface area contributed by atoms with Crippen LogP contribution in [0.5, 0.6) is 0 Å². The number of benzene rings is 2. The van der Waals surface area contributed by atoms with E-state index < -0.39 is 0 Å². The van der Waals surface area contributed by atoms with E-state index in [0.717, 1.165) is 49.3 Å². The number of pyridine rings is 1. The SMILES string of the molecule is Fc1ccc(C2NC(C3(Cc4ccccc4)CCNCC3)=NC2c2ccncc2)cc1. The van der Waals surface area contributed by atoms with Crippen LogP contribution in [0, 0.1) is 11.2 Å². The third kappa shape index (κ3) is 4.10. The van der Waals surface area contributed by atoms with Crippen molar-refractivity contribution in [2.45, 2.75) is 31.3 Å². The quantitative estimate of drug-likeness (QED) is 0.641. The Morgan fingerprint density at radius 2 is 1.58 bits per heavy atom. The lowest BCUT2D eigenvalue weighted by Crippen LogP contribution is -2.48. The fourth-order valence-corrected chi connectivity index (χ4v) is 4.92. The minimum atomic E-state index is -0.220. The van der Waals surface area contributed by atoms with Crippen molar-refractivity contribution < 1.29 is 4.39 Å². The third-order valence-corrected chi connectivity index (χ3v) is 6.60. The zero-order chi connectivity index (χ0) is 21.1. The Balaban J connectivity index is 1.54. The lowest BCUT2D eigenvalue weighted by Gasteiger charge is -2.38. The van der Waals surface area contributed by atoms with Crippen LogP contribution in [0.25, 0.3) is 0 Å². The Hall–Kier alpha value is -3.05. The predicted molar refractivity (Wildman–Crippen MR) is 121 cm³/mol. The number of hydrogen-bond donors (Lipinski definition) is 2. The predicted octanol–water partition coefficient (Wildman–Crippen LogP) is 4.62. The molecule has 0 bridgehead atoms. The number of nitrogens with zero attached hydrogens (tertiary/aromatic N) is 2. The Bertz CT molecular complexity index is 1030. The van der Waals surface area contributed by atoms with E-state index in [1.807, 2.05) is 36.7 Å². The molecule has 2 atom stereocenters. The molecule has 1 aromatic heterocycles. The smallest absolute Gasteiger partial charge is 0.123 e. The van der Waals surface area contributed by atoms with Crippen molar-refractivity contribution in [3.8, 4) is 0 Å². The Kier molecular flexibility index (Phi) is 5.51. The van der Waals surface area contributed by atoms with Gasteiger partial charge in [0.2, 0.25) is 0 Å². The van der Waals surface area contributed by atoms with Gasteiger partial charge in [0.1, 0.15) is 17.7 Å². The number of piperidine rings is 1. The highest BCUT2D eigenvalue weighted by atomic mass is 19.1. The molecule has 1 fully saturated rings. The van der Waals surface area contributed by atoms with E-state index in [-0.39, 0.29) is 23.3 Å². The maximum absolute atomic E-state index is 13.6. The molecule has 2 N–H and O–H groups in total. The largest absolute Gasteiger partial charge is 0.364 e. The zero-order valence-electron chi connectivity index (χ0n) is 17.5. The number of nitrogens with one attached hydrogen (secondary N) is 2. The summed E-state index contributed by atoms with van der Waals surface area (Å²) in [4.78, 5) is 9.46. The van der Waals surface area contributed by atoms with Gasteiger partial charge in [-0.25, -0.2) is 4.39 Å². The molecule has 3 heterocycles. The number of hydrogen-bond acceptors (Lipinski definition) is 4. The van der Waals surface area contributed by atoms with Crippen LogP contribution in [-0.2, 0) is 6.42 Å². The molecule has 2 aromatic carbocycles. The van der Waals surface area contributed by atoms with Crippen LogP contribution in [0.3, 0.4) is 0 Å². The molecule has 5 rings (SSSR count). The van der Waals surface area contributed by atoms with E-state index in [2.05, 4.69) is 45.9 Å². The van der Waals surface area contributed by atoms with Gasteiger partial charge in [0, 0.05) is 17.8 Å². The van der Waals surface area contributed by atoms with Gasteiger partial charge in [0.15, 0.2) is 0 Å². The molecule has 2 aliphatic rings. The molecule has 2 aliphatic heterocycles. The first-order valence-corrected chi connectivity index (χ1v) is 11.0. The second-order valence-corrected chi connectivity index (χ2v) is 8.57. The summed E-state index contributed by atoms with van der Waals surface area (Å²) in [5.74, 6) is 0.858. The number of aliphatic imine (C=N–C) groups is 1. The summed E-state index contributed by atoms with van der Waals surface area (Å²) in [6.07, 6.45) is 6.66. The highest BCUT2D eigenvalue weighted by Crippen LogP contribution is 2.43. The van der Waals surface area contributed by atoms with E-state index in [9.17, 15) is 4.39 Å². The molecular formula is C26H27FN4. The van der Waals surface area contributed by atoms with Gasteiger partial charge in [0.05, 0.1) is 6.04 Å². The van der Waals surface area contributed by atoms with Crippen LogP contribution in [0.2, 0.25) is 0 Å². The van der Waals surface area contributed by atoms with E-state index >= 15 is 0 Å². The average molecular weight is 415 g/mol. The Morgan fingerprint density at radius 1 is 0.871 bits per heavy atom. The van der Waals surface area contributed by atoms with E-state index in [0.29, 0.717) is 0 Å². The summed E-state index contributed by atoms with van der Waals surface area (Å²) in [6, 6.07) is 21.4. The van der Waals surface area contributed by atoms with Crippen LogP contribution < -0.4 is 10.6 Å². The van der Waals surface area contributed by atoms with Crippen molar-refractivity contribution in [1.29, 1.82) is 0 Å². The number of amidine groups is 1. The summed E-state index contributed by atoms with van der Waals surface area (Å²) in [7, 11) is 0. The number of halogens is 1. The van der Waals surface area contributed by atoms with Gasteiger partial charge < -0.3 is 10.6 Å². The molecule has 0 amide bonds. The third-order valence-electron chi connectivity index (χ3n) is 6.60. The van der Waals surface area contributed by atoms with Crippen LogP contribution >= 0.6 is 0 Å². The molecule has 3 aromatic rings. The summed E-state index contributed by atoms with van der Waals surface area (Å²) >= 11 is 0. The molecule has 2 unspecified atom stereocenters. The monoisotopic (exact) mass is 414 g/mol. The second-order valence-electron chi connectivity index (χ2n) is 8.57. The molecule has 0 saturated carbocycles. The van der Waals surface area contributed by atoms with Gasteiger partial charge in [-0.2, -0.15) is 0 Å². The number of rotatable bonds is 5. The highest BCUT2D eigenvalue weighted by Gasteiger charge is 2.43. The van der Waals surface area contributed by atoms with Crippen LogP contribution in [-0.4, -0.2) is 23.9 Å². The van der Waals surface area contributed by atoms with Crippen molar-refractivity contribution in [1.82, 2.24) is 15.6 Å². The lowest BCUT2D eigenvalue weighted by molar-refractivity contribution is 0.290. The zero-order valence-corrected chi connectivity index (χ0v) is 17.5. The fourth-order valence-electron chi connectivity index (χ4n) is 4.92. The van der Waals surface area contributed by atoms with Crippen molar-refractivity contribution >= 4 is 5.84 Å². The molecule has 31 heavy (non-hydrogen) atoms. The molecule has 0 radical (unpaired) electrons. The number of aromatic nitrogens is 1. The summed E-state index contributed by atoms with van der Waals surface area (Å²) in [5.41, 5.74) is 3.47. The van der Waals surface area contributed by atoms with Crippen molar-refractivity contribution in [2.75, 3.05) is 13.1 Å². The van der Waals surface area contributed by atoms with Crippen LogP contribution in [0.15, 0.2) is 84.1 Å². The fraction of sp³-hybridized carbons (Fsp3) is 0.308. The molecule has 0 spiro atoms. The summed E-state index contributed by atoms with van der Waals surface area (Å²) in [5, 5.41) is 7.29. The van der Waals surface area contributed by atoms with Crippen molar-refractivity contribution in [3.63, 3.8) is 0 Å². The summed E-state index contributed by atoms with van der Waals surface area (Å²) in [6.45, 7) is 1.96. The summed E-state index contributed by atoms with van der Waals surface area (Å²) < 4.78 is 13.6. The van der Waals surface area contributed by atoms with Gasteiger partial charge in [-0.3, -0.25) is 9.98 Å². The first kappa shape index (κ1) is 19.9. The maximum atomic E-state index is 13.6. The van der Waals surface area contributed by atoms with Crippen molar-refractivity contribution in [3.05, 3.63) is 102 Å². The van der Waals surface area contributed by atoms with Gasteiger partial charge in [0.25, 0.3) is 0 Å². The lowest BCUT2D eigenvalue weighted by atomic mass is 9.73. The molecule has 158 valence electrons. The topological polar surface area (TPSA) is 49.3 Å². The normalized spacial score (nSPS) is 22.5. The van der Waals surface area contributed by atoms with E-state index in [1.54, 1.807) is 0 Å². The van der Waals surface area contributed by atoms with Gasteiger partial charge >= 0.3 is 0 Å². The van der Waals surface area contributed by atoms with Crippen molar-refractivity contribution in [2.24, 2.45) is 10.4 Å². The van der Waals surface area contributed by atoms with Gasteiger partial charge in [-0.15, -0.1) is 0 Å². The first-order valence-electron chi connectivity index (χ1n) is 11.0. The Labute approximate surface area is 182 Å². The highest BCUT2D eigenvalue weighted by molar-refractivity contribution is 5.91. The molecule has 0 aliphatic carbocycles. The standard InChI is InChI=1S/C26H27FN4/c27-22-8-6-20(7-9-22)23-24(21-10-14-28-15-11-21)31-25(30-23)26(12-16-29-17-13-26)18-19-4-2-1-3-5-19/h1-11,14-15,23-24,29H,12-13,16-18H2,(H,30,31). The molecule has 5 heteroatoms. The maximum Gasteiger partial charge on any atom is 0.123 e. The average Bonchev–Trinajstić information content (AvgIpc) is 3.28. The second kappa shape index (κ2) is 8.60.